The van der Waals surface area contributed by atoms with Crippen molar-refractivity contribution in [2.24, 2.45) is 0 Å². The second-order valence-corrected chi connectivity index (χ2v) is 9.45. The number of benzene rings is 3. The fraction of sp³-hybridized carbons (Fsp3) is 0.188. The van der Waals surface area contributed by atoms with Gasteiger partial charge in [0.15, 0.2) is 17.3 Å². The number of allylic oxidation sites excluding steroid dienone is 1. The van der Waals surface area contributed by atoms with Gasteiger partial charge in [0.25, 0.3) is 0 Å². The first-order valence-electron chi connectivity index (χ1n) is 13.0. The highest BCUT2D eigenvalue weighted by molar-refractivity contribution is 6.42. The van der Waals surface area contributed by atoms with E-state index in [0.29, 0.717) is 5.56 Å². The SMILES string of the molecule is COc1cc(C2=C(c3cc(OC(C)=O)cc(OC(C)=O)c3)C(=O)c3cc(OC(C)=O)cc(OC(C)=O)c32)ccc1OC(C)=O. The molecule has 0 N–H and O–H groups in total. The normalized spacial score (nSPS) is 11.8. The third-order valence-corrected chi connectivity index (χ3v) is 5.96. The summed E-state index contributed by atoms with van der Waals surface area (Å²) in [6.45, 7) is 5.92. The highest BCUT2D eigenvalue weighted by Crippen LogP contribution is 2.50. The zero-order chi connectivity index (χ0) is 32.3. The fourth-order valence-corrected chi connectivity index (χ4v) is 4.65. The molecule has 0 aliphatic heterocycles. The Labute approximate surface area is 251 Å². The van der Waals surface area contributed by atoms with E-state index in [1.54, 1.807) is 6.07 Å². The number of esters is 5. The van der Waals surface area contributed by atoms with Crippen LogP contribution in [0.25, 0.3) is 11.1 Å². The molecule has 3 aromatic carbocycles. The van der Waals surface area contributed by atoms with Crippen LogP contribution in [0.5, 0.6) is 34.5 Å². The van der Waals surface area contributed by atoms with Crippen LogP contribution in [-0.4, -0.2) is 42.7 Å². The van der Waals surface area contributed by atoms with E-state index in [9.17, 15) is 28.8 Å². The Morgan fingerprint density at radius 3 is 1.50 bits per heavy atom. The van der Waals surface area contributed by atoms with Crippen LogP contribution >= 0.6 is 0 Å². The third kappa shape index (κ3) is 6.81. The number of Topliss-reactive ketones (excluding diaryl/α,β-unsaturated/α-hetero) is 1. The van der Waals surface area contributed by atoms with E-state index in [2.05, 4.69) is 0 Å². The summed E-state index contributed by atoms with van der Waals surface area (Å²) in [5, 5.41) is 0. The van der Waals surface area contributed by atoms with E-state index in [0.717, 1.165) is 6.92 Å². The van der Waals surface area contributed by atoms with Crippen LogP contribution < -0.4 is 28.4 Å². The Bertz CT molecular complexity index is 1750. The van der Waals surface area contributed by atoms with Crippen molar-refractivity contribution in [3.8, 4) is 34.5 Å². The molecule has 0 saturated heterocycles. The monoisotopic (exact) mass is 602 g/mol. The lowest BCUT2D eigenvalue weighted by Crippen LogP contribution is -2.08. The molecule has 0 unspecified atom stereocenters. The number of ether oxygens (including phenoxy) is 6. The highest BCUT2D eigenvalue weighted by atomic mass is 16.6. The number of hydrogen-bond acceptors (Lipinski definition) is 12. The molecule has 4 rings (SSSR count). The summed E-state index contributed by atoms with van der Waals surface area (Å²) in [7, 11) is 1.36. The summed E-state index contributed by atoms with van der Waals surface area (Å²) in [6.07, 6.45) is 0. The zero-order valence-electron chi connectivity index (χ0n) is 24.5. The lowest BCUT2D eigenvalue weighted by atomic mass is 9.93. The maximum Gasteiger partial charge on any atom is 0.308 e. The number of methoxy groups -OCH3 is 1. The number of ketones is 1. The standard InChI is InChI=1S/C32H26O12/c1-15(33)40-22-9-21(10-23(12-22)41-16(2)34)30-29(20-7-8-26(43-18(4)36)27(11-20)39-6)31-25(32(30)38)13-24(42-17(3)35)14-28(31)44-19(5)37/h7-14H,1-6H3. The minimum atomic E-state index is -0.718. The molecule has 12 nitrogen and oxygen atoms in total. The number of carbonyl (C=O) groups excluding carboxylic acids is 6. The minimum absolute atomic E-state index is 0.0138. The second kappa shape index (κ2) is 12.6. The van der Waals surface area contributed by atoms with Crippen molar-refractivity contribution in [2.75, 3.05) is 7.11 Å². The van der Waals surface area contributed by atoms with Crippen molar-refractivity contribution in [3.63, 3.8) is 0 Å². The maximum absolute atomic E-state index is 14.2. The summed E-state index contributed by atoms with van der Waals surface area (Å²) in [4.78, 5) is 73.4. The zero-order valence-corrected chi connectivity index (χ0v) is 24.5. The molecule has 1 aliphatic carbocycles. The van der Waals surface area contributed by atoms with Gasteiger partial charge in [0.05, 0.1) is 7.11 Å². The number of carbonyl (C=O) groups is 6. The van der Waals surface area contributed by atoms with E-state index in [1.807, 2.05) is 0 Å². The molecule has 0 heterocycles. The summed E-state index contributed by atoms with van der Waals surface area (Å²) in [5.74, 6) is -3.85. The van der Waals surface area contributed by atoms with Gasteiger partial charge in [0, 0.05) is 69.0 Å². The molecule has 0 fully saturated rings. The Morgan fingerprint density at radius 1 is 0.500 bits per heavy atom. The van der Waals surface area contributed by atoms with E-state index in [4.69, 9.17) is 28.4 Å². The fourth-order valence-electron chi connectivity index (χ4n) is 4.65. The number of hydrogen-bond donors (Lipinski definition) is 0. The molecule has 226 valence electrons. The van der Waals surface area contributed by atoms with Crippen molar-refractivity contribution < 1.29 is 57.2 Å². The summed E-state index contributed by atoms with van der Waals surface area (Å²) < 4.78 is 31.9. The first-order valence-corrected chi connectivity index (χ1v) is 13.0. The van der Waals surface area contributed by atoms with Crippen LogP contribution in [0, 0.1) is 0 Å². The molecule has 12 heteroatoms. The average Bonchev–Trinajstić information content (AvgIpc) is 3.19. The Balaban J connectivity index is 2.10. The number of fused-ring (bicyclic) bond motifs is 1. The predicted octanol–water partition coefficient (Wildman–Crippen LogP) is 4.48. The van der Waals surface area contributed by atoms with Crippen LogP contribution in [0.1, 0.15) is 61.7 Å². The van der Waals surface area contributed by atoms with Gasteiger partial charge >= 0.3 is 29.8 Å². The Kier molecular flexibility index (Phi) is 8.93. The average molecular weight is 603 g/mol. The molecule has 0 spiro atoms. The van der Waals surface area contributed by atoms with Gasteiger partial charge in [0.2, 0.25) is 0 Å². The second-order valence-electron chi connectivity index (χ2n) is 9.45. The summed E-state index contributed by atoms with van der Waals surface area (Å²) in [6, 6.07) is 11.2. The van der Waals surface area contributed by atoms with Gasteiger partial charge in [-0.2, -0.15) is 0 Å². The van der Waals surface area contributed by atoms with Crippen LogP contribution in [0.15, 0.2) is 48.5 Å². The first kappa shape index (κ1) is 31.2. The molecule has 0 bridgehead atoms. The van der Waals surface area contributed by atoms with Crippen molar-refractivity contribution in [3.05, 3.63) is 70.8 Å². The summed E-state index contributed by atoms with van der Waals surface area (Å²) in [5.41, 5.74) is 0.975. The predicted molar refractivity (Wildman–Crippen MR) is 153 cm³/mol. The van der Waals surface area contributed by atoms with Crippen LogP contribution in [0.3, 0.4) is 0 Å². The molecule has 0 saturated carbocycles. The third-order valence-electron chi connectivity index (χ3n) is 5.96. The first-order chi connectivity index (χ1) is 20.8. The van der Waals surface area contributed by atoms with Crippen molar-refractivity contribution in [1.29, 1.82) is 0 Å². The van der Waals surface area contributed by atoms with Gasteiger partial charge in [-0.1, -0.05) is 6.07 Å². The van der Waals surface area contributed by atoms with Gasteiger partial charge in [-0.15, -0.1) is 0 Å². The highest BCUT2D eigenvalue weighted by Gasteiger charge is 2.36. The molecule has 0 amide bonds. The molecular formula is C32H26O12. The van der Waals surface area contributed by atoms with Gasteiger partial charge in [-0.25, -0.2) is 0 Å². The smallest absolute Gasteiger partial charge is 0.308 e. The van der Waals surface area contributed by atoms with Gasteiger partial charge in [-0.3, -0.25) is 28.8 Å². The van der Waals surface area contributed by atoms with E-state index < -0.39 is 35.6 Å². The quantitative estimate of drug-likeness (QED) is 0.263. The summed E-state index contributed by atoms with van der Waals surface area (Å²) >= 11 is 0. The largest absolute Gasteiger partial charge is 0.493 e. The maximum atomic E-state index is 14.2. The lowest BCUT2D eigenvalue weighted by molar-refractivity contribution is -0.133. The Hall–Kier alpha value is -5.78. The molecule has 0 aromatic heterocycles. The molecule has 1 aliphatic rings. The van der Waals surface area contributed by atoms with Gasteiger partial charge in [-0.05, 0) is 41.5 Å². The van der Waals surface area contributed by atoms with Crippen LogP contribution in [-0.2, 0) is 24.0 Å². The van der Waals surface area contributed by atoms with Crippen molar-refractivity contribution in [1.82, 2.24) is 0 Å². The van der Waals surface area contributed by atoms with E-state index >= 15 is 0 Å². The molecule has 0 atom stereocenters. The molecule has 0 radical (unpaired) electrons. The number of rotatable bonds is 8. The molecular weight excluding hydrogens is 576 g/mol. The topological polar surface area (TPSA) is 158 Å². The van der Waals surface area contributed by atoms with E-state index in [1.165, 1.54) is 77.3 Å². The molecule has 3 aromatic rings. The van der Waals surface area contributed by atoms with Crippen LogP contribution in [0.2, 0.25) is 0 Å². The van der Waals surface area contributed by atoms with Gasteiger partial charge < -0.3 is 28.4 Å². The minimum Gasteiger partial charge on any atom is -0.493 e. The lowest BCUT2D eigenvalue weighted by Gasteiger charge is -2.16. The molecule has 44 heavy (non-hydrogen) atoms. The van der Waals surface area contributed by atoms with Gasteiger partial charge in [0.1, 0.15) is 23.0 Å². The van der Waals surface area contributed by atoms with E-state index in [-0.39, 0.29) is 62.3 Å². The van der Waals surface area contributed by atoms with Crippen molar-refractivity contribution >= 4 is 46.8 Å². The van der Waals surface area contributed by atoms with Crippen molar-refractivity contribution in [2.45, 2.75) is 34.6 Å². The Morgan fingerprint density at radius 2 is 1.00 bits per heavy atom. The van der Waals surface area contributed by atoms with Crippen LogP contribution in [0.4, 0.5) is 0 Å².